The molecule has 1 aliphatic heterocycles. The van der Waals surface area contributed by atoms with Crippen LogP contribution in [-0.2, 0) is 10.3 Å². The average molecular weight is 238 g/mol. The first kappa shape index (κ1) is 12.2. The van der Waals surface area contributed by atoms with Gasteiger partial charge in [-0.05, 0) is 31.0 Å². The Hall–Kier alpha value is -1.26. The van der Waals surface area contributed by atoms with E-state index in [1.54, 1.807) is 14.2 Å². The highest BCUT2D eigenvalue weighted by atomic mass is 16.5. The standard InChI is InChI=1S/C13H18O4/c1-8-9(2)12(16-4)10(5-11(8)15-3)13(14)6-17-7-13/h5,14H,6-7H2,1-4H3. The molecule has 1 heterocycles. The van der Waals surface area contributed by atoms with Crippen molar-refractivity contribution in [3.63, 3.8) is 0 Å². The third-order valence-electron chi connectivity index (χ3n) is 3.40. The Balaban J connectivity index is 2.60. The number of ether oxygens (including phenoxy) is 3. The average Bonchev–Trinajstić information content (AvgIpc) is 2.29. The number of rotatable bonds is 3. The van der Waals surface area contributed by atoms with Crippen LogP contribution in [-0.4, -0.2) is 32.5 Å². The Morgan fingerprint density at radius 3 is 2.24 bits per heavy atom. The minimum absolute atomic E-state index is 0.301. The van der Waals surface area contributed by atoms with Gasteiger partial charge in [-0.25, -0.2) is 0 Å². The van der Waals surface area contributed by atoms with Crippen molar-refractivity contribution in [1.82, 2.24) is 0 Å². The van der Waals surface area contributed by atoms with Gasteiger partial charge >= 0.3 is 0 Å². The first-order chi connectivity index (χ1) is 8.03. The Morgan fingerprint density at radius 1 is 1.18 bits per heavy atom. The van der Waals surface area contributed by atoms with Crippen molar-refractivity contribution >= 4 is 0 Å². The second kappa shape index (κ2) is 4.20. The van der Waals surface area contributed by atoms with E-state index in [2.05, 4.69) is 0 Å². The quantitative estimate of drug-likeness (QED) is 0.867. The molecular formula is C13H18O4. The highest BCUT2D eigenvalue weighted by Gasteiger charge is 2.41. The summed E-state index contributed by atoms with van der Waals surface area (Å²) in [6.45, 7) is 4.54. The minimum Gasteiger partial charge on any atom is -0.496 e. The van der Waals surface area contributed by atoms with Crippen molar-refractivity contribution in [3.05, 3.63) is 22.8 Å². The van der Waals surface area contributed by atoms with Gasteiger partial charge in [-0.1, -0.05) is 0 Å². The van der Waals surface area contributed by atoms with Gasteiger partial charge in [0.15, 0.2) is 0 Å². The molecule has 0 radical (unpaired) electrons. The Morgan fingerprint density at radius 2 is 1.82 bits per heavy atom. The summed E-state index contributed by atoms with van der Waals surface area (Å²) >= 11 is 0. The summed E-state index contributed by atoms with van der Waals surface area (Å²) in [5.41, 5.74) is 1.81. The smallest absolute Gasteiger partial charge is 0.140 e. The fourth-order valence-corrected chi connectivity index (χ4v) is 2.13. The molecule has 0 unspecified atom stereocenters. The molecule has 17 heavy (non-hydrogen) atoms. The third kappa shape index (κ3) is 1.77. The molecule has 4 heteroatoms. The maximum atomic E-state index is 10.4. The van der Waals surface area contributed by atoms with E-state index in [1.807, 2.05) is 19.9 Å². The van der Waals surface area contributed by atoms with Gasteiger partial charge in [0.1, 0.15) is 17.1 Å². The lowest BCUT2D eigenvalue weighted by molar-refractivity contribution is -0.185. The zero-order valence-electron chi connectivity index (χ0n) is 10.7. The van der Waals surface area contributed by atoms with Gasteiger partial charge in [-0.3, -0.25) is 0 Å². The molecule has 1 aliphatic rings. The van der Waals surface area contributed by atoms with Crippen LogP contribution in [0.5, 0.6) is 11.5 Å². The maximum Gasteiger partial charge on any atom is 0.140 e. The van der Waals surface area contributed by atoms with Crippen LogP contribution in [0.1, 0.15) is 16.7 Å². The normalized spacial score (nSPS) is 17.5. The summed E-state index contributed by atoms with van der Waals surface area (Å²) in [5, 5.41) is 10.4. The van der Waals surface area contributed by atoms with Crippen LogP contribution in [0.4, 0.5) is 0 Å². The number of aliphatic hydroxyl groups is 1. The van der Waals surface area contributed by atoms with Gasteiger partial charge in [0.2, 0.25) is 0 Å². The second-order valence-electron chi connectivity index (χ2n) is 4.43. The third-order valence-corrected chi connectivity index (χ3v) is 3.40. The summed E-state index contributed by atoms with van der Waals surface area (Å²) < 4.78 is 15.8. The van der Waals surface area contributed by atoms with Gasteiger partial charge < -0.3 is 19.3 Å². The van der Waals surface area contributed by atoms with Gasteiger partial charge in [-0.2, -0.15) is 0 Å². The Kier molecular flexibility index (Phi) is 3.02. The highest BCUT2D eigenvalue weighted by molar-refractivity contribution is 5.55. The summed E-state index contributed by atoms with van der Waals surface area (Å²) in [6.07, 6.45) is 0. The van der Waals surface area contributed by atoms with Crippen molar-refractivity contribution in [1.29, 1.82) is 0 Å². The van der Waals surface area contributed by atoms with E-state index in [4.69, 9.17) is 14.2 Å². The number of hydrogen-bond acceptors (Lipinski definition) is 4. The molecule has 0 aromatic heterocycles. The zero-order chi connectivity index (χ0) is 12.6. The molecule has 1 aromatic rings. The van der Waals surface area contributed by atoms with Crippen molar-refractivity contribution in [2.24, 2.45) is 0 Å². The van der Waals surface area contributed by atoms with E-state index in [9.17, 15) is 5.11 Å². The van der Waals surface area contributed by atoms with Crippen LogP contribution in [0.15, 0.2) is 6.07 Å². The van der Waals surface area contributed by atoms with Crippen LogP contribution in [0.3, 0.4) is 0 Å². The van der Waals surface area contributed by atoms with E-state index in [0.29, 0.717) is 19.0 Å². The molecular weight excluding hydrogens is 220 g/mol. The molecule has 0 aliphatic carbocycles. The molecule has 4 nitrogen and oxygen atoms in total. The molecule has 0 amide bonds. The largest absolute Gasteiger partial charge is 0.496 e. The number of benzene rings is 1. The lowest BCUT2D eigenvalue weighted by Gasteiger charge is -2.38. The molecule has 1 N–H and O–H groups in total. The second-order valence-corrected chi connectivity index (χ2v) is 4.43. The van der Waals surface area contributed by atoms with E-state index in [1.165, 1.54) is 0 Å². The maximum absolute atomic E-state index is 10.4. The summed E-state index contributed by atoms with van der Waals surface area (Å²) in [5.74, 6) is 1.48. The first-order valence-electron chi connectivity index (χ1n) is 5.56. The predicted molar refractivity (Wildman–Crippen MR) is 63.7 cm³/mol. The lowest BCUT2D eigenvalue weighted by atomic mass is 9.88. The summed E-state index contributed by atoms with van der Waals surface area (Å²) in [6, 6.07) is 1.84. The zero-order valence-corrected chi connectivity index (χ0v) is 10.7. The Bertz CT molecular complexity index is 436. The molecule has 1 saturated heterocycles. The highest BCUT2D eigenvalue weighted by Crippen LogP contribution is 2.41. The molecule has 2 rings (SSSR count). The lowest BCUT2D eigenvalue weighted by Crippen LogP contribution is -2.46. The van der Waals surface area contributed by atoms with Gasteiger partial charge in [0.05, 0.1) is 27.4 Å². The van der Waals surface area contributed by atoms with Gasteiger partial charge in [-0.15, -0.1) is 0 Å². The van der Waals surface area contributed by atoms with Crippen LogP contribution in [0.2, 0.25) is 0 Å². The Labute approximate surface area is 101 Å². The topological polar surface area (TPSA) is 47.9 Å². The molecule has 0 bridgehead atoms. The molecule has 1 aromatic carbocycles. The van der Waals surface area contributed by atoms with Crippen molar-refractivity contribution < 1.29 is 19.3 Å². The minimum atomic E-state index is -0.947. The van der Waals surface area contributed by atoms with Gasteiger partial charge in [0, 0.05) is 5.56 Å². The molecule has 0 saturated carbocycles. The van der Waals surface area contributed by atoms with Crippen LogP contribution in [0, 0.1) is 13.8 Å². The molecule has 94 valence electrons. The van der Waals surface area contributed by atoms with E-state index in [-0.39, 0.29) is 0 Å². The molecule has 0 atom stereocenters. The van der Waals surface area contributed by atoms with Crippen LogP contribution in [0.25, 0.3) is 0 Å². The molecule has 1 fully saturated rings. The number of methoxy groups -OCH3 is 2. The monoisotopic (exact) mass is 238 g/mol. The summed E-state index contributed by atoms with van der Waals surface area (Å²) in [4.78, 5) is 0. The SMILES string of the molecule is COc1cc(C2(O)COC2)c(OC)c(C)c1C. The number of hydrogen-bond donors (Lipinski definition) is 1. The van der Waals surface area contributed by atoms with E-state index < -0.39 is 5.60 Å². The fraction of sp³-hybridized carbons (Fsp3) is 0.538. The van der Waals surface area contributed by atoms with E-state index >= 15 is 0 Å². The first-order valence-corrected chi connectivity index (χ1v) is 5.56. The van der Waals surface area contributed by atoms with Crippen LogP contribution < -0.4 is 9.47 Å². The van der Waals surface area contributed by atoms with Crippen molar-refractivity contribution in [2.45, 2.75) is 19.4 Å². The van der Waals surface area contributed by atoms with Crippen molar-refractivity contribution in [2.75, 3.05) is 27.4 Å². The molecule has 0 spiro atoms. The fourth-order valence-electron chi connectivity index (χ4n) is 2.13. The van der Waals surface area contributed by atoms with Gasteiger partial charge in [0.25, 0.3) is 0 Å². The predicted octanol–water partition coefficient (Wildman–Crippen LogP) is 1.54. The van der Waals surface area contributed by atoms with Crippen molar-refractivity contribution in [3.8, 4) is 11.5 Å². The van der Waals surface area contributed by atoms with E-state index in [0.717, 1.165) is 22.4 Å². The summed E-state index contributed by atoms with van der Waals surface area (Å²) in [7, 11) is 3.24. The van der Waals surface area contributed by atoms with Crippen LogP contribution >= 0.6 is 0 Å².